The van der Waals surface area contributed by atoms with E-state index in [2.05, 4.69) is 25.3 Å². The topological polar surface area (TPSA) is 20.3 Å². The predicted molar refractivity (Wildman–Crippen MR) is 119 cm³/mol. The number of carbonyl (C=O) groups excluding carboxylic acids is 1. The van der Waals surface area contributed by atoms with E-state index in [4.69, 9.17) is 0 Å². The Hall–Kier alpha value is -1.57. The Balaban J connectivity index is 2.51. The van der Waals surface area contributed by atoms with Gasteiger partial charge in [-0.1, -0.05) is 103 Å². The van der Waals surface area contributed by atoms with Crippen molar-refractivity contribution in [1.82, 2.24) is 4.90 Å². The lowest BCUT2D eigenvalue weighted by molar-refractivity contribution is 0.0749. The van der Waals surface area contributed by atoms with Crippen LogP contribution in [0.25, 0.3) is 6.08 Å². The molecular weight excluding hydrogens is 330 g/mol. The molecule has 0 fully saturated rings. The molecule has 1 aromatic carbocycles. The molecule has 0 aliphatic rings. The van der Waals surface area contributed by atoms with Gasteiger partial charge in [0.05, 0.1) is 0 Å². The Bertz CT molecular complexity index is 490. The summed E-state index contributed by atoms with van der Waals surface area (Å²) in [7, 11) is 0. The van der Waals surface area contributed by atoms with Gasteiger partial charge in [-0.2, -0.15) is 0 Å². The van der Waals surface area contributed by atoms with Crippen LogP contribution in [0.4, 0.5) is 0 Å². The van der Waals surface area contributed by atoms with Gasteiger partial charge in [0.2, 0.25) is 0 Å². The van der Waals surface area contributed by atoms with Crippen molar-refractivity contribution in [1.29, 1.82) is 0 Å². The second-order valence-corrected chi connectivity index (χ2v) is 7.65. The molecule has 0 saturated carbocycles. The quantitative estimate of drug-likeness (QED) is 0.276. The van der Waals surface area contributed by atoms with Gasteiger partial charge < -0.3 is 4.90 Å². The third-order valence-electron chi connectivity index (χ3n) is 5.24. The van der Waals surface area contributed by atoms with Crippen molar-refractivity contribution in [3.8, 4) is 0 Å². The zero-order valence-corrected chi connectivity index (χ0v) is 17.8. The van der Waals surface area contributed by atoms with E-state index in [1.165, 1.54) is 64.2 Å². The highest BCUT2D eigenvalue weighted by Gasteiger charge is 2.15. The number of rotatable bonds is 16. The van der Waals surface area contributed by atoms with Crippen LogP contribution in [0.15, 0.2) is 30.8 Å². The largest absolute Gasteiger partial charge is 0.339 e. The third-order valence-corrected chi connectivity index (χ3v) is 5.24. The van der Waals surface area contributed by atoms with Crippen molar-refractivity contribution in [2.24, 2.45) is 0 Å². The second kappa shape index (κ2) is 15.5. The fourth-order valence-corrected chi connectivity index (χ4v) is 3.43. The molecule has 2 heteroatoms. The summed E-state index contributed by atoms with van der Waals surface area (Å²) in [5, 5.41) is 0. The molecule has 1 rings (SSSR count). The van der Waals surface area contributed by atoms with Crippen molar-refractivity contribution in [3.05, 3.63) is 42.0 Å². The van der Waals surface area contributed by atoms with Gasteiger partial charge in [0, 0.05) is 18.7 Å². The first-order valence-electron chi connectivity index (χ1n) is 11.2. The van der Waals surface area contributed by atoms with E-state index in [1.54, 1.807) is 0 Å². The van der Waals surface area contributed by atoms with Crippen LogP contribution in [-0.2, 0) is 0 Å². The normalized spacial score (nSPS) is 10.7. The lowest BCUT2D eigenvalue weighted by atomic mass is 10.1. The first-order valence-corrected chi connectivity index (χ1v) is 11.2. The summed E-state index contributed by atoms with van der Waals surface area (Å²) in [5.41, 5.74) is 1.86. The molecule has 0 N–H and O–H groups in total. The van der Waals surface area contributed by atoms with Gasteiger partial charge in [0.25, 0.3) is 5.91 Å². The Morgan fingerprint density at radius 1 is 0.778 bits per heavy atom. The molecule has 0 radical (unpaired) electrons. The molecule has 2 nitrogen and oxygen atoms in total. The number of unbranched alkanes of at least 4 members (excludes halogenated alkanes) is 10. The van der Waals surface area contributed by atoms with Gasteiger partial charge in [-0.25, -0.2) is 0 Å². The van der Waals surface area contributed by atoms with Crippen molar-refractivity contribution in [2.75, 3.05) is 13.1 Å². The molecule has 0 unspecified atom stereocenters. The molecule has 0 aliphatic carbocycles. The molecule has 0 aromatic heterocycles. The molecule has 0 saturated heterocycles. The number of hydrogen-bond donors (Lipinski definition) is 0. The van der Waals surface area contributed by atoms with Crippen LogP contribution in [0.2, 0.25) is 0 Å². The predicted octanol–water partition coefficient (Wildman–Crippen LogP) is 7.49. The maximum atomic E-state index is 13.0. The average molecular weight is 372 g/mol. The summed E-state index contributed by atoms with van der Waals surface area (Å²) in [6.45, 7) is 10.1. The molecule has 0 spiro atoms. The van der Waals surface area contributed by atoms with Crippen molar-refractivity contribution < 1.29 is 4.79 Å². The van der Waals surface area contributed by atoms with Crippen molar-refractivity contribution in [3.63, 3.8) is 0 Å². The van der Waals surface area contributed by atoms with Crippen molar-refractivity contribution in [2.45, 2.75) is 90.9 Å². The fraction of sp³-hybridized carbons (Fsp3) is 0.640. The molecule has 1 amide bonds. The highest BCUT2D eigenvalue weighted by Crippen LogP contribution is 2.13. The van der Waals surface area contributed by atoms with Gasteiger partial charge in [-0.15, -0.1) is 0 Å². The van der Waals surface area contributed by atoms with E-state index in [1.807, 2.05) is 30.3 Å². The molecule has 27 heavy (non-hydrogen) atoms. The number of amides is 1. The van der Waals surface area contributed by atoms with Gasteiger partial charge in [0.1, 0.15) is 0 Å². The van der Waals surface area contributed by atoms with Crippen LogP contribution >= 0.6 is 0 Å². The second-order valence-electron chi connectivity index (χ2n) is 7.65. The van der Waals surface area contributed by atoms with Gasteiger partial charge in [-0.3, -0.25) is 4.79 Å². The SMILES string of the molecule is C=Cc1ccc(C(=O)N(CCCCCCCC)CCCCCCCC)cc1. The number of carbonyl (C=O) groups is 1. The van der Waals surface area contributed by atoms with Crippen LogP contribution in [0.5, 0.6) is 0 Å². The number of nitrogens with zero attached hydrogens (tertiary/aromatic N) is 1. The third kappa shape index (κ3) is 10.4. The molecule has 1 aromatic rings. The van der Waals surface area contributed by atoms with E-state index in [-0.39, 0.29) is 5.91 Å². The molecule has 0 aliphatic heterocycles. The summed E-state index contributed by atoms with van der Waals surface area (Å²) >= 11 is 0. The van der Waals surface area contributed by atoms with Crippen LogP contribution in [-0.4, -0.2) is 23.9 Å². The molecular formula is C25H41NO. The van der Waals surface area contributed by atoms with Crippen LogP contribution in [0, 0.1) is 0 Å². The van der Waals surface area contributed by atoms with Crippen LogP contribution in [0.3, 0.4) is 0 Å². The minimum absolute atomic E-state index is 0.188. The van der Waals surface area contributed by atoms with Gasteiger partial charge in [0.15, 0.2) is 0 Å². The Morgan fingerprint density at radius 2 is 1.22 bits per heavy atom. The monoisotopic (exact) mass is 371 g/mol. The average Bonchev–Trinajstić information content (AvgIpc) is 2.71. The lowest BCUT2D eigenvalue weighted by Gasteiger charge is -2.23. The highest BCUT2D eigenvalue weighted by molar-refractivity contribution is 5.94. The molecule has 0 atom stereocenters. The number of benzene rings is 1. The fourth-order valence-electron chi connectivity index (χ4n) is 3.43. The summed E-state index contributed by atoms with van der Waals surface area (Å²) < 4.78 is 0. The first-order chi connectivity index (χ1) is 13.2. The molecule has 0 bridgehead atoms. The Morgan fingerprint density at radius 3 is 1.67 bits per heavy atom. The van der Waals surface area contributed by atoms with E-state index < -0.39 is 0 Å². The van der Waals surface area contributed by atoms with Crippen LogP contribution in [0.1, 0.15) is 107 Å². The maximum Gasteiger partial charge on any atom is 0.253 e. The smallest absolute Gasteiger partial charge is 0.253 e. The zero-order valence-electron chi connectivity index (χ0n) is 17.8. The lowest BCUT2D eigenvalue weighted by Crippen LogP contribution is -2.33. The summed E-state index contributed by atoms with van der Waals surface area (Å²) in [4.78, 5) is 15.1. The van der Waals surface area contributed by atoms with E-state index in [0.29, 0.717) is 0 Å². The maximum absolute atomic E-state index is 13.0. The number of hydrogen-bond acceptors (Lipinski definition) is 1. The van der Waals surface area contributed by atoms with Crippen LogP contribution < -0.4 is 0 Å². The first kappa shape index (κ1) is 23.5. The Labute approximate surface area is 168 Å². The van der Waals surface area contributed by atoms with Crippen molar-refractivity contribution >= 4 is 12.0 Å². The van der Waals surface area contributed by atoms with E-state index in [0.717, 1.165) is 37.1 Å². The highest BCUT2D eigenvalue weighted by atomic mass is 16.2. The van der Waals surface area contributed by atoms with Gasteiger partial charge >= 0.3 is 0 Å². The Kier molecular flexibility index (Phi) is 13.5. The minimum Gasteiger partial charge on any atom is -0.339 e. The zero-order chi connectivity index (χ0) is 19.7. The standard InChI is InChI=1S/C25H41NO/c1-4-7-9-11-13-15-21-26(22-16-14-12-10-8-5-2)25(27)24-19-17-23(6-3)18-20-24/h6,17-20H,3-5,7-16,21-22H2,1-2H3. The van der Waals surface area contributed by atoms with E-state index in [9.17, 15) is 4.79 Å². The van der Waals surface area contributed by atoms with E-state index >= 15 is 0 Å². The molecule has 0 heterocycles. The molecule has 152 valence electrons. The summed E-state index contributed by atoms with van der Waals surface area (Å²) in [5.74, 6) is 0.188. The minimum atomic E-state index is 0.188. The summed E-state index contributed by atoms with van der Waals surface area (Å²) in [6, 6.07) is 7.84. The van der Waals surface area contributed by atoms with Gasteiger partial charge in [-0.05, 0) is 30.5 Å². The summed E-state index contributed by atoms with van der Waals surface area (Å²) in [6.07, 6.45) is 17.0.